The molecule has 4 nitrogen and oxygen atoms in total. The SMILES string of the molecule is CC(O)(CN)CN1CCc2cc(O)cc(F)c2C1. The molecule has 2 rings (SSSR count). The van der Waals surface area contributed by atoms with Crippen LogP contribution < -0.4 is 5.73 Å². The maximum atomic E-state index is 13.7. The van der Waals surface area contributed by atoms with E-state index in [2.05, 4.69) is 0 Å². The topological polar surface area (TPSA) is 69.7 Å². The standard InChI is InChI=1S/C13H19FN2O2/c1-13(18,7-15)8-16-3-2-9-4-10(17)5-12(14)11(9)6-16/h4-5,17-18H,2-3,6-8,15H2,1H3. The Morgan fingerprint density at radius 3 is 2.89 bits per heavy atom. The van der Waals surface area contributed by atoms with E-state index >= 15 is 0 Å². The number of nitrogens with zero attached hydrogens (tertiary/aromatic N) is 1. The summed E-state index contributed by atoms with van der Waals surface area (Å²) in [7, 11) is 0. The number of β-amino-alcohol motifs (C(OH)–C–C–N with tert-alkyl or cyclic N) is 1. The molecule has 1 aliphatic heterocycles. The average molecular weight is 254 g/mol. The van der Waals surface area contributed by atoms with Crippen LogP contribution in [0, 0.1) is 5.82 Å². The molecule has 1 atom stereocenters. The molecule has 0 saturated heterocycles. The largest absolute Gasteiger partial charge is 0.508 e. The number of phenolic OH excluding ortho intramolecular Hbond substituents is 1. The summed E-state index contributed by atoms with van der Waals surface area (Å²) in [6.45, 7) is 3.44. The van der Waals surface area contributed by atoms with Gasteiger partial charge < -0.3 is 15.9 Å². The van der Waals surface area contributed by atoms with Crippen LogP contribution in [0.2, 0.25) is 0 Å². The molecule has 0 fully saturated rings. The van der Waals surface area contributed by atoms with E-state index in [4.69, 9.17) is 5.73 Å². The molecule has 4 N–H and O–H groups in total. The van der Waals surface area contributed by atoms with Gasteiger partial charge in [0.15, 0.2) is 0 Å². The Morgan fingerprint density at radius 2 is 2.22 bits per heavy atom. The fourth-order valence-electron chi connectivity index (χ4n) is 2.34. The van der Waals surface area contributed by atoms with Crippen LogP contribution in [0.1, 0.15) is 18.1 Å². The predicted octanol–water partition coefficient (Wildman–Crippen LogP) is 0.599. The highest BCUT2D eigenvalue weighted by Crippen LogP contribution is 2.26. The number of hydrogen-bond acceptors (Lipinski definition) is 4. The number of fused-ring (bicyclic) bond motifs is 1. The summed E-state index contributed by atoms with van der Waals surface area (Å²) in [5.41, 5.74) is 5.98. The lowest BCUT2D eigenvalue weighted by atomic mass is 9.97. The number of halogens is 1. The third kappa shape index (κ3) is 2.80. The molecule has 1 aromatic carbocycles. The van der Waals surface area contributed by atoms with Crippen LogP contribution in [-0.2, 0) is 13.0 Å². The van der Waals surface area contributed by atoms with E-state index in [0.717, 1.165) is 18.2 Å². The first-order valence-electron chi connectivity index (χ1n) is 6.06. The average Bonchev–Trinajstić information content (AvgIpc) is 2.29. The molecule has 0 amide bonds. The maximum absolute atomic E-state index is 13.7. The van der Waals surface area contributed by atoms with Crippen molar-refractivity contribution in [1.29, 1.82) is 0 Å². The van der Waals surface area contributed by atoms with Crippen molar-refractivity contribution >= 4 is 0 Å². The van der Waals surface area contributed by atoms with Crippen molar-refractivity contribution in [3.8, 4) is 5.75 Å². The van der Waals surface area contributed by atoms with Crippen LogP contribution >= 0.6 is 0 Å². The highest BCUT2D eigenvalue weighted by atomic mass is 19.1. The minimum Gasteiger partial charge on any atom is -0.508 e. The van der Waals surface area contributed by atoms with Gasteiger partial charge in [0.25, 0.3) is 0 Å². The van der Waals surface area contributed by atoms with Gasteiger partial charge in [-0.15, -0.1) is 0 Å². The lowest BCUT2D eigenvalue weighted by Crippen LogP contribution is -2.47. The van der Waals surface area contributed by atoms with Gasteiger partial charge in [-0.1, -0.05) is 0 Å². The van der Waals surface area contributed by atoms with Crippen molar-refractivity contribution in [2.45, 2.75) is 25.5 Å². The summed E-state index contributed by atoms with van der Waals surface area (Å²) in [4.78, 5) is 1.98. The summed E-state index contributed by atoms with van der Waals surface area (Å²) in [6.07, 6.45) is 0.668. The van der Waals surface area contributed by atoms with Gasteiger partial charge >= 0.3 is 0 Å². The zero-order valence-electron chi connectivity index (χ0n) is 10.5. The molecule has 1 aliphatic rings. The molecule has 1 aromatic rings. The zero-order chi connectivity index (χ0) is 13.3. The van der Waals surface area contributed by atoms with Gasteiger partial charge in [-0.05, 0) is 25.0 Å². The van der Waals surface area contributed by atoms with Crippen LogP contribution in [0.4, 0.5) is 4.39 Å². The molecule has 0 saturated carbocycles. The van der Waals surface area contributed by atoms with Gasteiger partial charge in [0.1, 0.15) is 11.6 Å². The summed E-state index contributed by atoms with van der Waals surface area (Å²) in [6, 6.07) is 2.74. The Bertz CT molecular complexity index is 449. The molecule has 0 aliphatic carbocycles. The van der Waals surface area contributed by atoms with Crippen molar-refractivity contribution in [2.24, 2.45) is 5.73 Å². The molecule has 0 aromatic heterocycles. The summed E-state index contributed by atoms with van der Waals surface area (Å²) < 4.78 is 13.7. The Balaban J connectivity index is 2.15. The van der Waals surface area contributed by atoms with Crippen molar-refractivity contribution in [1.82, 2.24) is 4.90 Å². The van der Waals surface area contributed by atoms with Crippen LogP contribution in [0.15, 0.2) is 12.1 Å². The molecule has 1 unspecified atom stereocenters. The smallest absolute Gasteiger partial charge is 0.131 e. The third-order valence-electron chi connectivity index (χ3n) is 3.36. The lowest BCUT2D eigenvalue weighted by molar-refractivity contribution is 0.0227. The number of rotatable bonds is 3. The lowest BCUT2D eigenvalue weighted by Gasteiger charge is -2.34. The highest BCUT2D eigenvalue weighted by molar-refractivity contribution is 5.37. The number of hydrogen-bond donors (Lipinski definition) is 3. The third-order valence-corrected chi connectivity index (χ3v) is 3.36. The number of aromatic hydroxyl groups is 1. The van der Waals surface area contributed by atoms with Crippen molar-refractivity contribution < 1.29 is 14.6 Å². The number of phenols is 1. The molecular weight excluding hydrogens is 235 g/mol. The van der Waals surface area contributed by atoms with Crippen LogP contribution in [-0.4, -0.2) is 40.3 Å². The number of aliphatic hydroxyl groups is 1. The van der Waals surface area contributed by atoms with Crippen LogP contribution in [0.3, 0.4) is 0 Å². The van der Waals surface area contributed by atoms with Crippen molar-refractivity contribution in [3.63, 3.8) is 0 Å². The second-order valence-electron chi connectivity index (χ2n) is 5.23. The fourth-order valence-corrected chi connectivity index (χ4v) is 2.34. The summed E-state index contributed by atoms with van der Waals surface area (Å²) in [5, 5.41) is 19.3. The quantitative estimate of drug-likeness (QED) is 0.739. The minimum atomic E-state index is -0.953. The Labute approximate surface area is 106 Å². The second kappa shape index (κ2) is 4.84. The van der Waals surface area contributed by atoms with Gasteiger partial charge in [-0.25, -0.2) is 4.39 Å². The van der Waals surface area contributed by atoms with E-state index in [1.54, 1.807) is 13.0 Å². The highest BCUT2D eigenvalue weighted by Gasteiger charge is 2.26. The van der Waals surface area contributed by atoms with Gasteiger partial charge in [0.2, 0.25) is 0 Å². The molecule has 5 heteroatoms. The normalized spacial score (nSPS) is 19.3. The first-order valence-corrected chi connectivity index (χ1v) is 6.06. The first-order chi connectivity index (χ1) is 8.41. The van der Waals surface area contributed by atoms with E-state index < -0.39 is 5.60 Å². The van der Waals surface area contributed by atoms with Gasteiger partial charge in [-0.3, -0.25) is 4.90 Å². The Morgan fingerprint density at radius 1 is 1.50 bits per heavy atom. The zero-order valence-corrected chi connectivity index (χ0v) is 10.5. The minimum absolute atomic E-state index is 0.0337. The van der Waals surface area contributed by atoms with Crippen LogP contribution in [0.25, 0.3) is 0 Å². The Kier molecular flexibility index (Phi) is 3.56. The van der Waals surface area contributed by atoms with Gasteiger partial charge in [0.05, 0.1) is 5.60 Å². The van der Waals surface area contributed by atoms with E-state index in [1.807, 2.05) is 4.90 Å². The molecule has 18 heavy (non-hydrogen) atoms. The van der Waals surface area contributed by atoms with Crippen LogP contribution in [0.5, 0.6) is 5.75 Å². The second-order valence-corrected chi connectivity index (χ2v) is 5.23. The van der Waals surface area contributed by atoms with Crippen molar-refractivity contribution in [2.75, 3.05) is 19.6 Å². The fraction of sp³-hybridized carbons (Fsp3) is 0.538. The molecular formula is C13H19FN2O2. The molecule has 0 bridgehead atoms. The molecule has 1 heterocycles. The van der Waals surface area contributed by atoms with E-state index in [9.17, 15) is 14.6 Å². The summed E-state index contributed by atoms with van der Waals surface area (Å²) in [5.74, 6) is -0.421. The van der Waals surface area contributed by atoms with E-state index in [0.29, 0.717) is 25.1 Å². The van der Waals surface area contributed by atoms with Gasteiger partial charge in [-0.2, -0.15) is 0 Å². The summed E-state index contributed by atoms with van der Waals surface area (Å²) >= 11 is 0. The molecule has 100 valence electrons. The number of nitrogens with two attached hydrogens (primary N) is 1. The van der Waals surface area contributed by atoms with E-state index in [1.165, 1.54) is 0 Å². The maximum Gasteiger partial charge on any atom is 0.131 e. The number of benzene rings is 1. The molecule has 0 radical (unpaired) electrons. The Hall–Kier alpha value is -1.17. The van der Waals surface area contributed by atoms with E-state index in [-0.39, 0.29) is 18.1 Å². The predicted molar refractivity (Wildman–Crippen MR) is 66.7 cm³/mol. The van der Waals surface area contributed by atoms with Crippen molar-refractivity contribution in [3.05, 3.63) is 29.1 Å². The monoisotopic (exact) mass is 254 g/mol. The van der Waals surface area contributed by atoms with Gasteiger partial charge in [0, 0.05) is 37.8 Å². The first kappa shape index (κ1) is 13.3. The molecule has 0 spiro atoms.